The Morgan fingerprint density at radius 2 is 1.87 bits per heavy atom. The van der Waals surface area contributed by atoms with E-state index < -0.39 is 0 Å². The monoisotopic (exact) mass is 290 g/mol. The van der Waals surface area contributed by atoms with E-state index in [0.717, 1.165) is 43.9 Å². The molecule has 0 heterocycles. The molecule has 4 rings (SSSR count). The van der Waals surface area contributed by atoms with Crippen LogP contribution in [-0.2, 0) is 4.79 Å². The average Bonchev–Trinajstić information content (AvgIpc) is 2.12. The molecule has 2 atom stereocenters. The normalized spacial score (nSPS) is 52.1. The smallest absolute Gasteiger partial charge is 0.149 e. The molecule has 0 radical (unpaired) electrons. The number of ketones is 1. The lowest BCUT2D eigenvalue weighted by atomic mass is 9.48. The first-order valence-electron chi connectivity index (χ1n) is 5.83. The number of hydrogen-bond acceptors (Lipinski definition) is 1. The molecule has 4 aliphatic rings. The van der Waals surface area contributed by atoms with E-state index >= 15 is 0 Å². The number of carbonyl (C=O) groups excluding carboxylic acids is 1. The van der Waals surface area contributed by atoms with E-state index in [9.17, 15) is 4.79 Å². The molecule has 0 spiro atoms. The topological polar surface area (TPSA) is 17.1 Å². The Labute approximate surface area is 104 Å². The first-order valence-corrected chi connectivity index (χ1v) is 7.33. The summed E-state index contributed by atoms with van der Waals surface area (Å²) < 4.78 is 0. The van der Waals surface area contributed by atoms with Gasteiger partial charge in [-0.2, -0.15) is 0 Å². The molecular weight excluding hydrogens is 275 g/mol. The lowest BCUT2D eigenvalue weighted by molar-refractivity contribution is -0.139. The lowest BCUT2D eigenvalue weighted by Gasteiger charge is -2.59. The van der Waals surface area contributed by atoms with Crippen molar-refractivity contribution in [3.63, 3.8) is 0 Å². The number of hydrogen-bond donors (Lipinski definition) is 0. The largest absolute Gasteiger partial charge is 0.298 e. The zero-order valence-electron chi connectivity index (χ0n) is 8.77. The minimum absolute atomic E-state index is 0.0259. The van der Waals surface area contributed by atoms with Crippen LogP contribution in [0.25, 0.3) is 0 Å². The molecule has 0 aromatic rings. The Hall–Kier alpha value is 0.440. The van der Waals surface area contributed by atoms with Crippen LogP contribution in [0.2, 0.25) is 0 Å². The number of alkyl halides is 2. The summed E-state index contributed by atoms with van der Waals surface area (Å²) in [6, 6.07) is 0. The molecular formula is C12H16BrClO. The van der Waals surface area contributed by atoms with Gasteiger partial charge in [0.1, 0.15) is 5.78 Å². The Morgan fingerprint density at radius 3 is 2.33 bits per heavy atom. The van der Waals surface area contributed by atoms with Crippen LogP contribution >= 0.6 is 27.5 Å². The Bertz CT molecular complexity index is 301. The van der Waals surface area contributed by atoms with Gasteiger partial charge in [0.05, 0.1) is 5.33 Å². The maximum atomic E-state index is 12.1. The van der Waals surface area contributed by atoms with Gasteiger partial charge >= 0.3 is 0 Å². The van der Waals surface area contributed by atoms with Crippen LogP contribution in [0.1, 0.15) is 38.5 Å². The van der Waals surface area contributed by atoms with Gasteiger partial charge in [-0.1, -0.05) is 15.9 Å². The maximum absolute atomic E-state index is 12.1. The summed E-state index contributed by atoms with van der Waals surface area (Å²) in [5.74, 6) is 1.86. The van der Waals surface area contributed by atoms with Gasteiger partial charge < -0.3 is 0 Å². The van der Waals surface area contributed by atoms with Crippen molar-refractivity contribution in [1.82, 2.24) is 0 Å². The molecule has 84 valence electrons. The molecule has 0 aromatic heterocycles. The van der Waals surface area contributed by atoms with Gasteiger partial charge in [0.25, 0.3) is 0 Å². The van der Waals surface area contributed by atoms with E-state index in [0.29, 0.717) is 11.1 Å². The van der Waals surface area contributed by atoms with Gasteiger partial charge in [0, 0.05) is 10.3 Å². The molecule has 0 aliphatic heterocycles. The molecule has 0 aromatic carbocycles. The van der Waals surface area contributed by atoms with Gasteiger partial charge in [0.15, 0.2) is 0 Å². The van der Waals surface area contributed by atoms with Crippen LogP contribution in [0, 0.1) is 17.3 Å². The molecule has 15 heavy (non-hydrogen) atoms. The number of Topliss-reactive ketones (excluding diaryl/α,β-unsaturated/α-hetero) is 1. The van der Waals surface area contributed by atoms with Crippen LogP contribution in [0.5, 0.6) is 0 Å². The summed E-state index contributed by atoms with van der Waals surface area (Å²) in [6.07, 6.45) is 6.81. The van der Waals surface area contributed by atoms with Crippen molar-refractivity contribution in [2.24, 2.45) is 17.3 Å². The SMILES string of the molecule is O=C(CBr)C12CC3CC(CC(Cl)(C3)C1)C2. The van der Waals surface area contributed by atoms with Gasteiger partial charge in [-0.25, -0.2) is 0 Å². The molecule has 4 fully saturated rings. The predicted octanol–water partition coefficient (Wildman–Crippen LogP) is 3.53. The van der Waals surface area contributed by atoms with Crippen molar-refractivity contribution in [3.05, 3.63) is 0 Å². The highest BCUT2D eigenvalue weighted by molar-refractivity contribution is 9.09. The van der Waals surface area contributed by atoms with E-state index in [1.54, 1.807) is 0 Å². The summed E-state index contributed by atoms with van der Waals surface area (Å²) in [6.45, 7) is 0. The predicted molar refractivity (Wildman–Crippen MR) is 64.5 cm³/mol. The highest BCUT2D eigenvalue weighted by Crippen LogP contribution is 2.64. The zero-order valence-corrected chi connectivity index (χ0v) is 11.1. The van der Waals surface area contributed by atoms with Crippen molar-refractivity contribution in [2.75, 3.05) is 5.33 Å². The Morgan fingerprint density at radius 1 is 1.27 bits per heavy atom. The molecule has 4 aliphatic carbocycles. The van der Waals surface area contributed by atoms with Crippen molar-refractivity contribution < 1.29 is 4.79 Å². The second-order valence-electron chi connectivity index (χ2n) is 5.95. The third-order valence-electron chi connectivity index (χ3n) is 4.70. The van der Waals surface area contributed by atoms with Crippen LogP contribution in [0.15, 0.2) is 0 Å². The second-order valence-corrected chi connectivity index (χ2v) is 7.31. The molecule has 4 bridgehead atoms. The molecule has 0 saturated heterocycles. The summed E-state index contributed by atoms with van der Waals surface area (Å²) >= 11 is 9.98. The fourth-order valence-electron chi connectivity index (χ4n) is 4.62. The van der Waals surface area contributed by atoms with E-state index in [1.807, 2.05) is 0 Å². The van der Waals surface area contributed by atoms with Crippen LogP contribution in [-0.4, -0.2) is 16.0 Å². The highest BCUT2D eigenvalue weighted by Gasteiger charge is 2.59. The summed E-state index contributed by atoms with van der Waals surface area (Å²) in [4.78, 5) is 12.1. The lowest BCUT2D eigenvalue weighted by Crippen LogP contribution is -2.56. The second kappa shape index (κ2) is 3.22. The van der Waals surface area contributed by atoms with Crippen LogP contribution < -0.4 is 0 Å². The molecule has 3 heteroatoms. The third-order valence-corrected chi connectivity index (χ3v) is 5.65. The van der Waals surface area contributed by atoms with E-state index in [4.69, 9.17) is 11.6 Å². The van der Waals surface area contributed by atoms with Gasteiger partial charge in [0.2, 0.25) is 0 Å². The number of halogens is 2. The summed E-state index contributed by atoms with van der Waals surface area (Å²) in [5, 5.41) is 0.513. The Kier molecular flexibility index (Phi) is 2.28. The highest BCUT2D eigenvalue weighted by atomic mass is 79.9. The van der Waals surface area contributed by atoms with Crippen molar-refractivity contribution in [3.8, 4) is 0 Å². The van der Waals surface area contributed by atoms with Gasteiger partial charge in [-0.3, -0.25) is 4.79 Å². The van der Waals surface area contributed by atoms with Crippen molar-refractivity contribution >= 4 is 33.3 Å². The first kappa shape index (κ1) is 10.6. The van der Waals surface area contributed by atoms with Crippen LogP contribution in [0.3, 0.4) is 0 Å². The van der Waals surface area contributed by atoms with E-state index in [2.05, 4.69) is 15.9 Å². The van der Waals surface area contributed by atoms with Crippen molar-refractivity contribution in [1.29, 1.82) is 0 Å². The molecule has 0 amide bonds. The first-order chi connectivity index (χ1) is 7.05. The quantitative estimate of drug-likeness (QED) is 0.711. The van der Waals surface area contributed by atoms with E-state index in [1.165, 1.54) is 6.42 Å². The molecule has 2 unspecified atom stereocenters. The molecule has 0 N–H and O–H groups in total. The zero-order chi connectivity index (χ0) is 10.7. The van der Waals surface area contributed by atoms with Gasteiger partial charge in [-0.15, -0.1) is 11.6 Å². The molecule has 4 saturated carbocycles. The van der Waals surface area contributed by atoms with E-state index in [-0.39, 0.29) is 10.3 Å². The fraction of sp³-hybridized carbons (Fsp3) is 0.917. The number of carbonyl (C=O) groups is 1. The summed E-state index contributed by atoms with van der Waals surface area (Å²) in [5.41, 5.74) is -0.0463. The van der Waals surface area contributed by atoms with Gasteiger partial charge in [-0.05, 0) is 50.4 Å². The number of rotatable bonds is 2. The standard InChI is InChI=1S/C12H16BrClO/c13-6-10(15)11-2-8-1-9(3-11)5-12(14,4-8)7-11/h8-9H,1-7H2. The fourth-order valence-corrected chi connectivity index (χ4v) is 5.91. The third kappa shape index (κ3) is 1.51. The summed E-state index contributed by atoms with van der Waals surface area (Å²) in [7, 11) is 0. The minimum atomic E-state index is -0.0463. The average molecular weight is 292 g/mol. The minimum Gasteiger partial charge on any atom is -0.298 e. The van der Waals surface area contributed by atoms with Crippen LogP contribution in [0.4, 0.5) is 0 Å². The van der Waals surface area contributed by atoms with Crippen molar-refractivity contribution in [2.45, 2.75) is 43.4 Å². The Balaban J connectivity index is 1.96. The maximum Gasteiger partial charge on any atom is 0.149 e. The molecule has 1 nitrogen and oxygen atoms in total.